The second-order valence-electron chi connectivity index (χ2n) is 12.8. The van der Waals surface area contributed by atoms with Gasteiger partial charge < -0.3 is 19.9 Å². The topological polar surface area (TPSA) is 99.0 Å². The Morgan fingerprint density at radius 2 is 1.85 bits per heavy atom. The number of rotatable bonds is 10. The summed E-state index contributed by atoms with van der Waals surface area (Å²) < 4.78 is 6.25. The first-order chi connectivity index (χ1) is 18.4. The molecule has 2 aliphatic heterocycles. The Labute approximate surface area is 237 Å². The quantitative estimate of drug-likeness (QED) is 0.109. The zero-order valence-electron chi connectivity index (χ0n) is 24.3. The highest BCUT2D eigenvalue weighted by molar-refractivity contribution is 8.01. The third-order valence-corrected chi connectivity index (χ3v) is 10.8. The highest BCUT2D eigenvalue weighted by Crippen LogP contribution is 2.51. The van der Waals surface area contributed by atoms with E-state index in [1.807, 2.05) is 27.9 Å². The molecule has 4 unspecified atom stereocenters. The number of hydrogen-bond donors (Lipinski definition) is 1. The third kappa shape index (κ3) is 6.37. The molecule has 2 aliphatic carbocycles. The minimum absolute atomic E-state index is 0.0141. The van der Waals surface area contributed by atoms with Crippen molar-refractivity contribution in [2.45, 2.75) is 106 Å². The normalized spacial score (nSPS) is 32.1. The molecule has 1 N–H and O–H groups in total. The van der Waals surface area contributed by atoms with Gasteiger partial charge in [-0.05, 0) is 72.0 Å². The van der Waals surface area contributed by atoms with Crippen molar-refractivity contribution in [2.24, 2.45) is 17.8 Å². The fraction of sp³-hybridized carbons (Fsp3) is 0.828. The monoisotopic (exact) mass is 563 g/mol. The highest BCUT2D eigenvalue weighted by Gasteiger charge is 2.65. The molecule has 2 amide bonds. The standard InChI is InChI=1S/C29H46N4O5S/c1-29(2)23(28(37)38-27(36)21(32(5)6)16-9-10-17-31(3)4)33-25(35)22(26(33)39-29)30-24(34)20-15-11-13-18-12-7-8-14-19(18)20/h18-23,26H,5,7-17H2,1-4,6H3/p+1/t18?,19?,20?,21?,22-,23+,26-/m1/s1. The molecule has 4 aliphatic rings. The van der Waals surface area contributed by atoms with Crippen LogP contribution in [-0.4, -0.2) is 101 Å². The SMILES string of the molecule is C=[N+](C)C(CCCCN(C)C)C(=O)OC(=O)[C@@H]1N2C(=O)[C@@H](NC(=O)C3CCCC4CCCCC43)[C@H]2SC1(C)C. The van der Waals surface area contributed by atoms with Crippen molar-refractivity contribution < 1.29 is 28.5 Å². The molecule has 10 heteroatoms. The fourth-order valence-corrected chi connectivity index (χ4v) is 8.78. The first-order valence-corrected chi connectivity index (χ1v) is 15.5. The maximum Gasteiger partial charge on any atom is 0.383 e. The minimum atomic E-state index is -0.890. The molecule has 0 spiro atoms. The number of nitrogens with one attached hydrogen (secondary N) is 1. The van der Waals surface area contributed by atoms with Gasteiger partial charge in [0.2, 0.25) is 17.9 Å². The lowest BCUT2D eigenvalue weighted by Crippen LogP contribution is -2.71. The van der Waals surface area contributed by atoms with Crippen molar-refractivity contribution in [3.8, 4) is 0 Å². The molecule has 218 valence electrons. The van der Waals surface area contributed by atoms with Gasteiger partial charge in [0.05, 0.1) is 0 Å². The van der Waals surface area contributed by atoms with Gasteiger partial charge in [0.15, 0.2) is 0 Å². The van der Waals surface area contributed by atoms with Crippen molar-refractivity contribution in [1.82, 2.24) is 15.1 Å². The molecule has 2 heterocycles. The molecular weight excluding hydrogens is 516 g/mol. The van der Waals surface area contributed by atoms with Crippen molar-refractivity contribution in [3.05, 3.63) is 0 Å². The van der Waals surface area contributed by atoms with E-state index in [4.69, 9.17) is 4.74 Å². The summed E-state index contributed by atoms with van der Waals surface area (Å²) in [6.07, 6.45) is 10.1. The van der Waals surface area contributed by atoms with Crippen molar-refractivity contribution in [1.29, 1.82) is 0 Å². The fourth-order valence-electron chi connectivity index (χ4n) is 7.16. The van der Waals surface area contributed by atoms with E-state index in [0.717, 1.165) is 38.6 Å². The van der Waals surface area contributed by atoms with Crippen molar-refractivity contribution >= 4 is 42.2 Å². The number of carbonyl (C=O) groups is 4. The van der Waals surface area contributed by atoms with Crippen LogP contribution < -0.4 is 5.32 Å². The van der Waals surface area contributed by atoms with E-state index in [-0.39, 0.29) is 23.1 Å². The maximum atomic E-state index is 13.4. The molecule has 2 saturated carbocycles. The van der Waals surface area contributed by atoms with Gasteiger partial charge in [0, 0.05) is 17.1 Å². The Kier molecular flexibility index (Phi) is 9.46. The van der Waals surface area contributed by atoms with Crippen LogP contribution in [0, 0.1) is 17.8 Å². The smallest absolute Gasteiger partial charge is 0.383 e. The lowest BCUT2D eigenvalue weighted by atomic mass is 9.65. The molecular formula is C29H47N4O5S+. The average Bonchev–Trinajstić information content (AvgIpc) is 3.13. The number of β-lactam (4-membered cyclic amide) rings is 1. The van der Waals surface area contributed by atoms with Crippen LogP contribution in [0.5, 0.6) is 0 Å². The average molecular weight is 564 g/mol. The highest BCUT2D eigenvalue weighted by atomic mass is 32.2. The van der Waals surface area contributed by atoms with Crippen LogP contribution in [0.1, 0.15) is 78.1 Å². The summed E-state index contributed by atoms with van der Waals surface area (Å²) in [5, 5.41) is 2.72. The Morgan fingerprint density at radius 3 is 2.54 bits per heavy atom. The zero-order valence-corrected chi connectivity index (χ0v) is 25.1. The number of thioether (sulfide) groups is 1. The first-order valence-electron chi connectivity index (χ1n) is 14.7. The second-order valence-corrected chi connectivity index (χ2v) is 14.6. The Hall–Kier alpha value is -1.94. The lowest BCUT2D eigenvalue weighted by Gasteiger charge is -2.45. The van der Waals surface area contributed by atoms with Crippen LogP contribution in [0.2, 0.25) is 0 Å². The van der Waals surface area contributed by atoms with E-state index >= 15 is 0 Å². The number of fused-ring (bicyclic) bond motifs is 2. The van der Waals surface area contributed by atoms with Crippen LogP contribution in [0.25, 0.3) is 0 Å². The van der Waals surface area contributed by atoms with Crippen LogP contribution in [0.4, 0.5) is 0 Å². The first kappa shape index (κ1) is 30.0. The Morgan fingerprint density at radius 1 is 1.15 bits per heavy atom. The second kappa shape index (κ2) is 12.3. The van der Waals surface area contributed by atoms with Crippen LogP contribution in [0.15, 0.2) is 0 Å². The van der Waals surface area contributed by atoms with E-state index in [0.29, 0.717) is 18.3 Å². The Balaban J connectivity index is 1.36. The largest absolute Gasteiger partial charge is 0.387 e. The number of carbonyl (C=O) groups excluding carboxylic acids is 4. The summed E-state index contributed by atoms with van der Waals surface area (Å²) in [4.78, 5) is 56.5. The molecule has 4 rings (SSSR count). The molecule has 0 aromatic heterocycles. The third-order valence-electron chi connectivity index (χ3n) is 9.21. The van der Waals surface area contributed by atoms with E-state index < -0.39 is 34.8 Å². The number of unbranched alkanes of at least 4 members (excludes halogenated alkanes) is 1. The predicted octanol–water partition coefficient (Wildman–Crippen LogP) is 2.65. The Bertz CT molecular complexity index is 983. The zero-order chi connectivity index (χ0) is 28.5. The molecule has 0 radical (unpaired) electrons. The van der Waals surface area contributed by atoms with Crippen molar-refractivity contribution in [2.75, 3.05) is 27.7 Å². The molecule has 0 aromatic carbocycles. The van der Waals surface area contributed by atoms with Gasteiger partial charge in [0.25, 0.3) is 0 Å². The molecule has 4 fully saturated rings. The molecule has 7 atom stereocenters. The van der Waals surface area contributed by atoms with Gasteiger partial charge >= 0.3 is 11.9 Å². The summed E-state index contributed by atoms with van der Waals surface area (Å²) in [5.41, 5.74) is 0. The van der Waals surface area contributed by atoms with Gasteiger partial charge in [-0.25, -0.2) is 14.2 Å². The van der Waals surface area contributed by atoms with Gasteiger partial charge in [-0.2, -0.15) is 0 Å². The van der Waals surface area contributed by atoms with Gasteiger partial charge in [-0.1, -0.05) is 32.1 Å². The predicted molar refractivity (Wildman–Crippen MR) is 151 cm³/mol. The van der Waals surface area contributed by atoms with Gasteiger partial charge in [-0.15, -0.1) is 11.8 Å². The summed E-state index contributed by atoms with van der Waals surface area (Å²) in [6.45, 7) is 8.55. The van der Waals surface area contributed by atoms with E-state index in [2.05, 4.69) is 16.9 Å². The molecule has 0 bridgehead atoms. The van der Waals surface area contributed by atoms with E-state index in [1.165, 1.54) is 46.9 Å². The lowest BCUT2D eigenvalue weighted by molar-refractivity contribution is -0.518. The van der Waals surface area contributed by atoms with E-state index in [9.17, 15) is 19.2 Å². The van der Waals surface area contributed by atoms with Gasteiger partial charge in [0.1, 0.15) is 31.2 Å². The number of hydrogen-bond acceptors (Lipinski definition) is 7. The number of ether oxygens (including phenoxy) is 1. The summed E-state index contributed by atoms with van der Waals surface area (Å²) >= 11 is 1.49. The molecule has 39 heavy (non-hydrogen) atoms. The molecule has 0 aromatic rings. The maximum absolute atomic E-state index is 13.4. The van der Waals surface area contributed by atoms with Crippen LogP contribution in [-0.2, 0) is 23.9 Å². The summed E-state index contributed by atoms with van der Waals surface area (Å²) in [7, 11) is 5.70. The molecule has 2 saturated heterocycles. The summed E-state index contributed by atoms with van der Waals surface area (Å²) in [5.74, 6) is -0.617. The van der Waals surface area contributed by atoms with Gasteiger partial charge in [-0.3, -0.25) is 9.59 Å². The molecule has 9 nitrogen and oxygen atoms in total. The van der Waals surface area contributed by atoms with Crippen LogP contribution >= 0.6 is 11.8 Å². The van der Waals surface area contributed by atoms with Crippen molar-refractivity contribution in [3.63, 3.8) is 0 Å². The number of likely N-dealkylation sites (N-methyl/N-ethyl adjacent to an activating group) is 1. The summed E-state index contributed by atoms with van der Waals surface area (Å²) in [6, 6.07) is -2.17. The number of esters is 2. The number of nitrogens with zero attached hydrogens (tertiary/aromatic N) is 3. The van der Waals surface area contributed by atoms with Crippen LogP contribution in [0.3, 0.4) is 0 Å². The number of amides is 2. The minimum Gasteiger partial charge on any atom is -0.387 e. The van der Waals surface area contributed by atoms with E-state index in [1.54, 1.807) is 7.05 Å².